The van der Waals surface area contributed by atoms with Crippen molar-refractivity contribution in [3.05, 3.63) is 59.7 Å². The molecule has 2 aromatic rings. The van der Waals surface area contributed by atoms with E-state index in [2.05, 4.69) is 61.6 Å². The first-order valence-electron chi connectivity index (χ1n) is 10.9. The first-order valence-corrected chi connectivity index (χ1v) is 10.9. The van der Waals surface area contributed by atoms with Gasteiger partial charge in [0.15, 0.2) is 11.5 Å². The molecule has 4 heteroatoms. The minimum absolute atomic E-state index is 0. The Morgan fingerprint density at radius 3 is 2.38 bits per heavy atom. The molecule has 0 radical (unpaired) electrons. The van der Waals surface area contributed by atoms with E-state index in [4.69, 9.17) is 9.47 Å². The lowest BCUT2D eigenvalue weighted by Crippen LogP contribution is -3.00. The fourth-order valence-corrected chi connectivity index (χ4v) is 3.55. The summed E-state index contributed by atoms with van der Waals surface area (Å²) in [6, 6.07) is 17.5. The van der Waals surface area contributed by atoms with E-state index in [0.717, 1.165) is 24.3 Å². The third-order valence-electron chi connectivity index (χ3n) is 5.18. The molecule has 2 N–H and O–H groups in total. The van der Waals surface area contributed by atoms with Crippen LogP contribution >= 0.6 is 0 Å². The third-order valence-corrected chi connectivity index (χ3v) is 5.18. The van der Waals surface area contributed by atoms with Gasteiger partial charge in [-0.2, -0.15) is 0 Å². The molecule has 0 heterocycles. The van der Waals surface area contributed by atoms with Crippen LogP contribution in [0.4, 0.5) is 0 Å². The van der Waals surface area contributed by atoms with Crippen LogP contribution in [-0.2, 0) is 12.8 Å². The quantitative estimate of drug-likeness (QED) is 0.474. The average Bonchev–Trinajstić information content (AvgIpc) is 2.73. The Balaban J connectivity index is 0.00000420. The van der Waals surface area contributed by atoms with Gasteiger partial charge in [-0.05, 0) is 42.5 Å². The number of quaternary nitrogens is 1. The number of nitrogens with two attached hydrogens (primary N) is 1. The minimum Gasteiger partial charge on any atom is -1.00 e. The maximum atomic E-state index is 6.10. The summed E-state index contributed by atoms with van der Waals surface area (Å²) in [5.74, 6) is 1.68. The molecule has 0 aromatic heterocycles. The highest BCUT2D eigenvalue weighted by molar-refractivity contribution is 5.43. The standard InChI is InChI=1S/C25H37NO2.ClH/c1-4-6-8-13-23(26-17-5-2)19-22-14-15-24(27-3)25(20-22)28-18-16-21-11-9-7-10-12-21;/h7,9-12,14-15,20,23,26H,4-6,8,13,16-19H2,1-3H3;1H. The topological polar surface area (TPSA) is 35.1 Å². The molecule has 0 spiro atoms. The smallest absolute Gasteiger partial charge is 0.161 e. The van der Waals surface area contributed by atoms with Crippen LogP contribution in [0.3, 0.4) is 0 Å². The van der Waals surface area contributed by atoms with Crippen LogP contribution in [0.15, 0.2) is 48.5 Å². The molecule has 0 aliphatic carbocycles. The summed E-state index contributed by atoms with van der Waals surface area (Å²) in [6.07, 6.45) is 8.42. The second-order valence-electron chi connectivity index (χ2n) is 7.55. The van der Waals surface area contributed by atoms with Crippen molar-refractivity contribution in [2.75, 3.05) is 20.3 Å². The van der Waals surface area contributed by atoms with Gasteiger partial charge in [0, 0.05) is 12.8 Å². The van der Waals surface area contributed by atoms with Crippen LogP contribution in [0.1, 0.15) is 57.1 Å². The number of hydrogen-bond acceptors (Lipinski definition) is 2. The number of unbranched alkanes of at least 4 members (excludes halogenated alkanes) is 2. The fraction of sp³-hybridized carbons (Fsp3) is 0.520. The molecule has 0 saturated heterocycles. The highest BCUT2D eigenvalue weighted by Crippen LogP contribution is 2.29. The Kier molecular flexibility index (Phi) is 13.3. The van der Waals surface area contributed by atoms with Crippen molar-refractivity contribution < 1.29 is 27.2 Å². The zero-order valence-electron chi connectivity index (χ0n) is 18.3. The van der Waals surface area contributed by atoms with Crippen molar-refractivity contribution in [1.29, 1.82) is 0 Å². The molecule has 3 nitrogen and oxygen atoms in total. The maximum Gasteiger partial charge on any atom is 0.161 e. The lowest BCUT2D eigenvalue weighted by Gasteiger charge is -2.17. The van der Waals surface area contributed by atoms with Crippen LogP contribution in [0.2, 0.25) is 0 Å². The van der Waals surface area contributed by atoms with Crippen LogP contribution < -0.4 is 27.2 Å². The summed E-state index contributed by atoms with van der Waals surface area (Å²) in [4.78, 5) is 0. The van der Waals surface area contributed by atoms with E-state index in [0.29, 0.717) is 12.6 Å². The summed E-state index contributed by atoms with van der Waals surface area (Å²) in [7, 11) is 1.71. The molecule has 0 bridgehead atoms. The molecule has 162 valence electrons. The summed E-state index contributed by atoms with van der Waals surface area (Å²) < 4.78 is 11.6. The number of ether oxygens (including phenoxy) is 2. The molecular weight excluding hydrogens is 382 g/mol. The molecule has 0 saturated carbocycles. The molecule has 0 aliphatic rings. The lowest BCUT2D eigenvalue weighted by atomic mass is 10.00. The normalized spacial score (nSPS) is 11.6. The molecule has 1 atom stereocenters. The predicted octanol–water partition coefficient (Wildman–Crippen LogP) is 1.79. The van der Waals surface area contributed by atoms with Gasteiger partial charge in [0.25, 0.3) is 0 Å². The van der Waals surface area contributed by atoms with Gasteiger partial charge in [-0.3, -0.25) is 0 Å². The van der Waals surface area contributed by atoms with Gasteiger partial charge in [0.2, 0.25) is 0 Å². The highest BCUT2D eigenvalue weighted by Gasteiger charge is 2.14. The van der Waals surface area contributed by atoms with Crippen LogP contribution in [0.5, 0.6) is 11.5 Å². The Morgan fingerprint density at radius 1 is 0.897 bits per heavy atom. The Bertz CT molecular complexity index is 663. The van der Waals surface area contributed by atoms with E-state index < -0.39 is 0 Å². The number of rotatable bonds is 14. The molecule has 29 heavy (non-hydrogen) atoms. The highest BCUT2D eigenvalue weighted by atomic mass is 35.5. The number of benzene rings is 2. The summed E-state index contributed by atoms with van der Waals surface area (Å²) in [5, 5.41) is 2.52. The van der Waals surface area contributed by atoms with Crippen molar-refractivity contribution in [3.8, 4) is 11.5 Å². The number of hydrogen-bond donors (Lipinski definition) is 1. The SMILES string of the molecule is CCCCCC(Cc1ccc(OC)c(OCCc2ccccc2)c1)[NH2+]CCC.[Cl-]. The van der Waals surface area contributed by atoms with Gasteiger partial charge in [-0.25, -0.2) is 0 Å². The van der Waals surface area contributed by atoms with Crippen LogP contribution in [0, 0.1) is 0 Å². The lowest BCUT2D eigenvalue weighted by molar-refractivity contribution is -0.689. The van der Waals surface area contributed by atoms with Gasteiger partial charge in [-0.1, -0.05) is 63.1 Å². The van der Waals surface area contributed by atoms with E-state index >= 15 is 0 Å². The van der Waals surface area contributed by atoms with E-state index in [1.165, 1.54) is 49.8 Å². The Morgan fingerprint density at radius 2 is 1.69 bits per heavy atom. The van der Waals surface area contributed by atoms with Crippen LogP contribution in [0.25, 0.3) is 0 Å². The summed E-state index contributed by atoms with van der Waals surface area (Å²) in [5.41, 5.74) is 2.63. The molecule has 0 amide bonds. The average molecular weight is 420 g/mol. The number of methoxy groups -OCH3 is 1. The Hall–Kier alpha value is -1.71. The van der Waals surface area contributed by atoms with Crippen molar-refractivity contribution in [3.63, 3.8) is 0 Å². The number of halogens is 1. The molecule has 2 rings (SSSR count). The summed E-state index contributed by atoms with van der Waals surface area (Å²) in [6.45, 7) is 6.39. The van der Waals surface area contributed by atoms with Crippen molar-refractivity contribution in [1.82, 2.24) is 0 Å². The van der Waals surface area contributed by atoms with E-state index in [1.54, 1.807) is 7.11 Å². The second kappa shape index (κ2) is 15.2. The molecular formula is C25H38ClNO2. The molecule has 1 unspecified atom stereocenters. The molecule has 0 aliphatic heterocycles. The van der Waals surface area contributed by atoms with Gasteiger partial charge < -0.3 is 27.2 Å². The fourth-order valence-electron chi connectivity index (χ4n) is 3.55. The second-order valence-corrected chi connectivity index (χ2v) is 7.55. The third kappa shape index (κ3) is 9.56. The molecule has 0 fully saturated rings. The van der Waals surface area contributed by atoms with Gasteiger partial charge in [-0.15, -0.1) is 0 Å². The zero-order chi connectivity index (χ0) is 20.0. The zero-order valence-corrected chi connectivity index (χ0v) is 19.1. The Labute approximate surface area is 183 Å². The maximum absolute atomic E-state index is 6.10. The largest absolute Gasteiger partial charge is 1.00 e. The first kappa shape index (κ1) is 25.3. The van der Waals surface area contributed by atoms with E-state index in [9.17, 15) is 0 Å². The van der Waals surface area contributed by atoms with E-state index in [-0.39, 0.29) is 12.4 Å². The van der Waals surface area contributed by atoms with Gasteiger partial charge in [0.05, 0.1) is 26.3 Å². The van der Waals surface area contributed by atoms with E-state index in [1.807, 2.05) is 6.07 Å². The van der Waals surface area contributed by atoms with Crippen LogP contribution in [-0.4, -0.2) is 26.3 Å². The van der Waals surface area contributed by atoms with Gasteiger partial charge >= 0.3 is 0 Å². The monoisotopic (exact) mass is 419 g/mol. The predicted molar refractivity (Wildman–Crippen MR) is 117 cm³/mol. The van der Waals surface area contributed by atoms with Crippen molar-refractivity contribution in [2.24, 2.45) is 0 Å². The van der Waals surface area contributed by atoms with Crippen molar-refractivity contribution >= 4 is 0 Å². The minimum atomic E-state index is 0. The van der Waals surface area contributed by atoms with Crippen molar-refractivity contribution in [2.45, 2.75) is 64.8 Å². The van der Waals surface area contributed by atoms with Gasteiger partial charge in [0.1, 0.15) is 0 Å². The first-order chi connectivity index (χ1) is 13.8. The molecule has 2 aromatic carbocycles. The summed E-state index contributed by atoms with van der Waals surface area (Å²) >= 11 is 0.